The Hall–Kier alpha value is -1.17. The summed E-state index contributed by atoms with van der Waals surface area (Å²) in [6.45, 7) is 1.43. The van der Waals surface area contributed by atoms with Crippen molar-refractivity contribution in [3.63, 3.8) is 0 Å². The van der Waals surface area contributed by atoms with E-state index in [9.17, 15) is 4.79 Å². The molecule has 0 spiro atoms. The molecule has 1 aliphatic heterocycles. The monoisotopic (exact) mass is 364 g/mol. The number of nitrogens with zero attached hydrogens (tertiary/aromatic N) is 1. The largest absolute Gasteiger partial charge is 0.339 e. The molecule has 0 radical (unpaired) electrons. The summed E-state index contributed by atoms with van der Waals surface area (Å²) >= 11 is 5.12. The molecule has 3 nitrogen and oxygen atoms in total. The van der Waals surface area contributed by atoms with Gasteiger partial charge in [0, 0.05) is 28.3 Å². The first-order valence-corrected chi connectivity index (χ1v) is 8.59. The first-order valence-electron chi connectivity index (χ1n) is 6.91. The van der Waals surface area contributed by atoms with Gasteiger partial charge in [-0.15, -0.1) is 11.3 Å². The molecule has 0 saturated heterocycles. The molecule has 1 aromatic carbocycles. The van der Waals surface area contributed by atoms with E-state index in [4.69, 9.17) is 0 Å². The summed E-state index contributed by atoms with van der Waals surface area (Å²) in [5.41, 5.74) is 2.58. The average molecular weight is 365 g/mol. The maximum absolute atomic E-state index is 12.6. The number of thiophene rings is 1. The van der Waals surface area contributed by atoms with Gasteiger partial charge in [-0.05, 0) is 39.5 Å². The molecule has 0 unspecified atom stereocenters. The molecule has 1 aliphatic rings. The van der Waals surface area contributed by atoms with Crippen molar-refractivity contribution < 1.29 is 4.79 Å². The van der Waals surface area contributed by atoms with Crippen LogP contribution in [-0.4, -0.2) is 23.9 Å². The second kappa shape index (κ2) is 6.30. The zero-order chi connectivity index (χ0) is 14.8. The third-order valence-electron chi connectivity index (χ3n) is 3.77. The molecule has 110 valence electrons. The predicted octanol–water partition coefficient (Wildman–Crippen LogP) is 3.18. The Morgan fingerprint density at radius 2 is 2.19 bits per heavy atom. The third kappa shape index (κ3) is 3.36. The van der Waals surface area contributed by atoms with Crippen molar-refractivity contribution in [1.29, 1.82) is 0 Å². The summed E-state index contributed by atoms with van der Waals surface area (Å²) in [6.07, 6.45) is 0.771. The Morgan fingerprint density at radius 3 is 2.90 bits per heavy atom. The van der Waals surface area contributed by atoms with Crippen molar-refractivity contribution in [2.45, 2.75) is 25.6 Å². The van der Waals surface area contributed by atoms with E-state index in [-0.39, 0.29) is 11.9 Å². The van der Waals surface area contributed by atoms with Crippen molar-refractivity contribution in [3.8, 4) is 0 Å². The van der Waals surface area contributed by atoms with E-state index < -0.39 is 0 Å². The highest BCUT2D eigenvalue weighted by Gasteiger charge is 2.26. The summed E-state index contributed by atoms with van der Waals surface area (Å²) in [5, 5.41) is 5.39. The minimum Gasteiger partial charge on any atom is -0.339 e. The first kappa shape index (κ1) is 14.8. The third-order valence-corrected chi connectivity index (χ3v) is 5.45. The summed E-state index contributed by atoms with van der Waals surface area (Å²) in [7, 11) is 1.87. The molecule has 2 heterocycles. The number of benzene rings is 1. The quantitative estimate of drug-likeness (QED) is 0.906. The molecular weight excluding hydrogens is 348 g/mol. The maximum Gasteiger partial charge on any atom is 0.240 e. The summed E-state index contributed by atoms with van der Waals surface area (Å²) < 4.78 is 1.08. The van der Waals surface area contributed by atoms with Gasteiger partial charge >= 0.3 is 0 Å². The number of halogens is 1. The minimum absolute atomic E-state index is 0.117. The highest BCUT2D eigenvalue weighted by atomic mass is 79.9. The zero-order valence-electron chi connectivity index (χ0n) is 11.8. The van der Waals surface area contributed by atoms with Crippen LogP contribution in [0.15, 0.2) is 40.2 Å². The molecule has 1 N–H and O–H groups in total. The Kier molecular flexibility index (Phi) is 4.42. The van der Waals surface area contributed by atoms with Crippen LogP contribution in [0.25, 0.3) is 0 Å². The second-order valence-electron chi connectivity index (χ2n) is 5.33. The molecule has 0 bridgehead atoms. The van der Waals surface area contributed by atoms with E-state index in [1.54, 1.807) is 11.3 Å². The zero-order valence-corrected chi connectivity index (χ0v) is 14.2. The van der Waals surface area contributed by atoms with Gasteiger partial charge in [0.15, 0.2) is 0 Å². The number of amides is 1. The predicted molar refractivity (Wildman–Crippen MR) is 89.3 cm³/mol. The van der Waals surface area contributed by atoms with E-state index in [1.807, 2.05) is 29.5 Å². The number of carbonyl (C=O) groups excluding carboxylic acids is 1. The number of fused-ring (bicyclic) bond motifs is 1. The first-order chi connectivity index (χ1) is 10.1. The smallest absolute Gasteiger partial charge is 0.240 e. The van der Waals surface area contributed by atoms with E-state index >= 15 is 0 Å². The van der Waals surface area contributed by atoms with Crippen molar-refractivity contribution in [3.05, 3.63) is 56.2 Å². The molecule has 0 fully saturated rings. The summed E-state index contributed by atoms with van der Waals surface area (Å²) in [5.74, 6) is 0.161. The Bertz CT molecular complexity index is 655. The van der Waals surface area contributed by atoms with Gasteiger partial charge in [-0.25, -0.2) is 0 Å². The number of hydrogen-bond donors (Lipinski definition) is 1. The fourth-order valence-corrected chi connectivity index (χ4v) is 4.15. The van der Waals surface area contributed by atoms with Crippen molar-refractivity contribution in [2.75, 3.05) is 7.05 Å². The number of rotatable bonds is 3. The summed E-state index contributed by atoms with van der Waals surface area (Å²) in [4.78, 5) is 15.6. The van der Waals surface area contributed by atoms with Gasteiger partial charge in [-0.2, -0.15) is 0 Å². The van der Waals surface area contributed by atoms with Crippen LogP contribution >= 0.6 is 27.3 Å². The molecule has 1 aromatic heterocycles. The van der Waals surface area contributed by atoms with Gasteiger partial charge in [-0.3, -0.25) is 4.79 Å². The lowest BCUT2D eigenvalue weighted by atomic mass is 9.95. The van der Waals surface area contributed by atoms with Crippen LogP contribution < -0.4 is 5.32 Å². The molecule has 0 aliphatic carbocycles. The number of likely N-dealkylation sites (N-methyl/N-ethyl adjacent to an activating group) is 1. The van der Waals surface area contributed by atoms with Crippen LogP contribution in [0.4, 0.5) is 0 Å². The average Bonchev–Trinajstić information content (AvgIpc) is 2.91. The highest BCUT2D eigenvalue weighted by Crippen LogP contribution is 2.22. The lowest BCUT2D eigenvalue weighted by Crippen LogP contribution is -2.47. The lowest BCUT2D eigenvalue weighted by molar-refractivity contribution is -0.132. The molecule has 21 heavy (non-hydrogen) atoms. The molecule has 1 amide bonds. The fourth-order valence-electron chi connectivity index (χ4n) is 2.64. The van der Waals surface area contributed by atoms with E-state index in [1.165, 1.54) is 16.0 Å². The summed E-state index contributed by atoms with van der Waals surface area (Å²) in [6, 6.07) is 10.3. The normalized spacial score (nSPS) is 17.3. The van der Waals surface area contributed by atoms with E-state index in [2.05, 4.69) is 39.4 Å². The highest BCUT2D eigenvalue weighted by molar-refractivity contribution is 9.10. The second-order valence-corrected chi connectivity index (χ2v) is 7.24. The van der Waals surface area contributed by atoms with Crippen molar-refractivity contribution in [2.24, 2.45) is 0 Å². The fraction of sp³-hybridized carbons (Fsp3) is 0.312. The van der Waals surface area contributed by atoms with Crippen LogP contribution in [0.2, 0.25) is 0 Å². The molecule has 1 atom stereocenters. The standard InChI is InChI=1S/C16H17BrN2OS/c1-19(9-14-7-13(17)10-21-14)16(20)15-6-11-4-2-3-5-12(11)8-18-15/h2-5,7,10,15,18H,6,8-9H2,1H3/t15-/m0/s1. The topological polar surface area (TPSA) is 32.3 Å². The van der Waals surface area contributed by atoms with Crippen molar-refractivity contribution >= 4 is 33.2 Å². The minimum atomic E-state index is -0.117. The van der Waals surface area contributed by atoms with Gasteiger partial charge in [0.25, 0.3) is 0 Å². The van der Waals surface area contributed by atoms with Crippen molar-refractivity contribution in [1.82, 2.24) is 10.2 Å². The number of nitrogens with one attached hydrogen (secondary N) is 1. The van der Waals surface area contributed by atoms with Gasteiger partial charge in [-0.1, -0.05) is 24.3 Å². The lowest BCUT2D eigenvalue weighted by Gasteiger charge is -2.28. The maximum atomic E-state index is 12.6. The van der Waals surface area contributed by atoms with Crippen LogP contribution in [0.3, 0.4) is 0 Å². The molecule has 3 rings (SSSR count). The van der Waals surface area contributed by atoms with E-state index in [0.717, 1.165) is 17.4 Å². The van der Waals surface area contributed by atoms with E-state index in [0.29, 0.717) is 6.54 Å². The van der Waals surface area contributed by atoms with Crippen LogP contribution in [-0.2, 0) is 24.3 Å². The number of hydrogen-bond acceptors (Lipinski definition) is 3. The van der Waals surface area contributed by atoms with Gasteiger partial charge in [0.1, 0.15) is 0 Å². The van der Waals surface area contributed by atoms with Gasteiger partial charge in [0.2, 0.25) is 5.91 Å². The molecule has 0 saturated carbocycles. The van der Waals surface area contributed by atoms with Crippen LogP contribution in [0.1, 0.15) is 16.0 Å². The van der Waals surface area contributed by atoms with Gasteiger partial charge in [0.05, 0.1) is 12.6 Å². The molecule has 2 aromatic rings. The Morgan fingerprint density at radius 1 is 1.43 bits per heavy atom. The Balaban J connectivity index is 1.66. The SMILES string of the molecule is CN(Cc1cc(Br)cs1)C(=O)[C@@H]1Cc2ccccc2CN1. The molecular formula is C16H17BrN2OS. The Labute approximate surface area is 137 Å². The van der Waals surface area contributed by atoms with Gasteiger partial charge < -0.3 is 10.2 Å². The number of carbonyl (C=O) groups is 1. The van der Waals surface area contributed by atoms with Crippen LogP contribution in [0.5, 0.6) is 0 Å². The molecule has 5 heteroatoms. The van der Waals surface area contributed by atoms with Crippen LogP contribution in [0, 0.1) is 0 Å².